The summed E-state index contributed by atoms with van der Waals surface area (Å²) in [6.45, 7) is 44.2. The van der Waals surface area contributed by atoms with Crippen LogP contribution in [0.5, 0.6) is 0 Å². The van der Waals surface area contributed by atoms with Gasteiger partial charge in [0.1, 0.15) is 5.58 Å². The summed E-state index contributed by atoms with van der Waals surface area (Å²) >= 11 is 0. The first-order valence-corrected chi connectivity index (χ1v) is 31.4. The van der Waals surface area contributed by atoms with Gasteiger partial charge in [-0.3, -0.25) is 0 Å². The van der Waals surface area contributed by atoms with Crippen molar-refractivity contribution in [1.29, 1.82) is 0 Å². The monoisotopic (exact) mass is 1060 g/mol. The number of nitrogens with zero attached hydrogens (tertiary/aromatic N) is 2. The van der Waals surface area contributed by atoms with Gasteiger partial charge >= 0.3 is 0 Å². The summed E-state index contributed by atoms with van der Waals surface area (Å²) in [5.41, 5.74) is 30.0. The number of rotatable bonds is 5. The van der Waals surface area contributed by atoms with E-state index in [0.717, 1.165) is 36.9 Å². The summed E-state index contributed by atoms with van der Waals surface area (Å²) in [4.78, 5) is 5.49. The molecule has 13 rings (SSSR count). The number of hydrogen-bond donors (Lipinski definition) is 0. The van der Waals surface area contributed by atoms with Gasteiger partial charge in [0, 0.05) is 33.7 Å². The zero-order valence-corrected chi connectivity index (χ0v) is 52.5. The van der Waals surface area contributed by atoms with Crippen LogP contribution in [0.25, 0.3) is 22.1 Å². The van der Waals surface area contributed by atoms with Gasteiger partial charge in [0.15, 0.2) is 0 Å². The largest absolute Gasteiger partial charge is 0.468 e. The van der Waals surface area contributed by atoms with E-state index in [2.05, 4.69) is 225 Å². The van der Waals surface area contributed by atoms with Crippen LogP contribution in [0.2, 0.25) is 0 Å². The van der Waals surface area contributed by atoms with Gasteiger partial charge in [0.2, 0.25) is 0 Å². The lowest BCUT2D eigenvalue weighted by atomic mass is 9.35. The fraction of sp³-hybridized carbons (Fsp3) is 0.500. The van der Waals surface area contributed by atoms with Crippen LogP contribution in [0.1, 0.15) is 244 Å². The molecular formula is C76H93BN2O. The second-order valence-electron chi connectivity index (χ2n) is 31.8. The van der Waals surface area contributed by atoms with Crippen LogP contribution in [0.3, 0.4) is 0 Å². The second kappa shape index (κ2) is 17.5. The van der Waals surface area contributed by atoms with Gasteiger partial charge in [0.05, 0.1) is 17.0 Å². The molecule has 0 amide bonds. The number of fused-ring (bicyclic) bond motifs is 9. The number of hydrogen-bond acceptors (Lipinski definition) is 3. The van der Waals surface area contributed by atoms with Gasteiger partial charge in [-0.15, -0.1) is 0 Å². The highest BCUT2D eigenvalue weighted by Gasteiger charge is 2.51. The van der Waals surface area contributed by atoms with Gasteiger partial charge in [-0.2, -0.15) is 0 Å². The van der Waals surface area contributed by atoms with Gasteiger partial charge in [-0.05, 0) is 229 Å². The number of furan rings is 1. The average Bonchev–Trinajstić information content (AvgIpc) is 3.89. The van der Waals surface area contributed by atoms with Crippen molar-refractivity contribution in [3.8, 4) is 11.1 Å². The lowest BCUT2D eigenvalue weighted by Gasteiger charge is -2.48. The Hall–Kier alpha value is -5.48. The third kappa shape index (κ3) is 7.99. The van der Waals surface area contributed by atoms with Crippen molar-refractivity contribution in [1.82, 2.24) is 0 Å². The first-order chi connectivity index (χ1) is 37.5. The minimum Gasteiger partial charge on any atom is -0.468 e. The molecule has 0 radical (unpaired) electrons. The normalized spacial score (nSPS) is 21.2. The van der Waals surface area contributed by atoms with Crippen LogP contribution in [0, 0.1) is 6.92 Å². The fourth-order valence-corrected chi connectivity index (χ4v) is 16.8. The van der Waals surface area contributed by atoms with Crippen molar-refractivity contribution >= 4 is 68.4 Å². The fourth-order valence-electron chi connectivity index (χ4n) is 16.8. The van der Waals surface area contributed by atoms with Crippen LogP contribution >= 0.6 is 0 Å². The Bertz CT molecular complexity index is 3710. The molecule has 0 spiro atoms. The number of benzene rings is 6. The Morgan fingerprint density at radius 3 is 1.66 bits per heavy atom. The van der Waals surface area contributed by atoms with Crippen molar-refractivity contribution in [2.45, 2.75) is 245 Å². The molecule has 6 aliphatic rings. The molecule has 0 unspecified atom stereocenters. The molecule has 1 aromatic heterocycles. The molecule has 2 aliphatic heterocycles. The Kier molecular flexibility index (Phi) is 11.8. The Balaban J connectivity index is 1.18. The van der Waals surface area contributed by atoms with E-state index < -0.39 is 0 Å². The smallest absolute Gasteiger partial charge is 0.297 e. The molecule has 6 aromatic carbocycles. The molecule has 3 heterocycles. The molecule has 416 valence electrons. The Morgan fingerprint density at radius 2 is 1.05 bits per heavy atom. The van der Waals surface area contributed by atoms with Gasteiger partial charge in [0.25, 0.3) is 6.71 Å². The van der Waals surface area contributed by atoms with Crippen LogP contribution in [0.4, 0.5) is 34.1 Å². The predicted octanol–water partition coefficient (Wildman–Crippen LogP) is 19.6. The van der Waals surface area contributed by atoms with E-state index in [1.165, 1.54) is 169 Å². The molecule has 80 heavy (non-hydrogen) atoms. The predicted molar refractivity (Wildman–Crippen MR) is 345 cm³/mol. The zero-order valence-electron chi connectivity index (χ0n) is 52.5. The molecule has 0 saturated heterocycles. The third-order valence-electron chi connectivity index (χ3n) is 22.3. The number of aryl methyl sites for hydroxylation is 2. The van der Waals surface area contributed by atoms with Crippen LogP contribution < -0.4 is 26.4 Å². The first-order valence-electron chi connectivity index (χ1n) is 31.4. The van der Waals surface area contributed by atoms with Crippen molar-refractivity contribution in [2.75, 3.05) is 9.80 Å². The topological polar surface area (TPSA) is 19.6 Å². The van der Waals surface area contributed by atoms with E-state index in [9.17, 15) is 0 Å². The van der Waals surface area contributed by atoms with Crippen molar-refractivity contribution in [3.05, 3.63) is 147 Å². The van der Waals surface area contributed by atoms with E-state index in [0.29, 0.717) is 0 Å². The lowest BCUT2D eigenvalue weighted by Crippen LogP contribution is -2.61. The van der Waals surface area contributed by atoms with E-state index in [4.69, 9.17) is 4.42 Å². The first kappa shape index (κ1) is 53.8. The van der Waals surface area contributed by atoms with Crippen molar-refractivity contribution < 1.29 is 4.42 Å². The highest BCUT2D eigenvalue weighted by molar-refractivity contribution is 7.00. The maximum absolute atomic E-state index is 7.86. The number of anilines is 6. The van der Waals surface area contributed by atoms with Crippen molar-refractivity contribution in [3.63, 3.8) is 0 Å². The second-order valence-corrected chi connectivity index (χ2v) is 31.8. The van der Waals surface area contributed by atoms with E-state index in [1.54, 1.807) is 0 Å². The SMILES string of the molecule is CCc1cc2oc3c(c2cc1C1(C)CCCCC1)N(c1ccc2c(c1)C(C)(C)CCC2(C)C)c1cc(C)cc2c1B3c1cc3c(cc1N2c1ccc2c(c1-c1ccc(C(C)(C)C)cc1)C(C)(C)CCC2(C)C)C(C)(C)CCC3(C)C. The zero-order chi connectivity index (χ0) is 56.8. The maximum Gasteiger partial charge on any atom is 0.297 e. The third-order valence-corrected chi connectivity index (χ3v) is 22.3. The molecule has 0 atom stereocenters. The highest BCUT2D eigenvalue weighted by atomic mass is 16.3. The van der Waals surface area contributed by atoms with Crippen LogP contribution in [-0.2, 0) is 49.7 Å². The van der Waals surface area contributed by atoms with Gasteiger partial charge in [-0.25, -0.2) is 0 Å². The molecule has 3 nitrogen and oxygen atoms in total. The molecule has 1 saturated carbocycles. The summed E-state index contributed by atoms with van der Waals surface area (Å²) in [6, 6.07) is 38.1. The summed E-state index contributed by atoms with van der Waals surface area (Å²) in [5.74, 6) is 0. The van der Waals surface area contributed by atoms with Gasteiger partial charge < -0.3 is 14.2 Å². The molecule has 1 fully saturated rings. The summed E-state index contributed by atoms with van der Waals surface area (Å²) < 4.78 is 7.86. The molecule has 0 N–H and O–H groups in total. The minimum atomic E-state index is -0.133. The summed E-state index contributed by atoms with van der Waals surface area (Å²) in [5, 5.41) is 1.26. The highest BCUT2D eigenvalue weighted by Crippen LogP contribution is 2.58. The van der Waals surface area contributed by atoms with Gasteiger partial charge in [-0.1, -0.05) is 179 Å². The van der Waals surface area contributed by atoms with E-state index >= 15 is 0 Å². The molecule has 4 heteroatoms. The Labute approximate surface area is 482 Å². The van der Waals surface area contributed by atoms with E-state index in [1.807, 2.05) is 0 Å². The lowest BCUT2D eigenvalue weighted by molar-refractivity contribution is 0.318. The summed E-state index contributed by atoms with van der Waals surface area (Å²) in [7, 11) is 0. The standard InChI is InChI=1S/C76H93BN2O/c1-19-47-41-63-51(43-54(47)76(18)31-21-20-22-32-76)67-68(80-63)77-58-44-56-57(74(14,15)36-35-73(56,12)13)45-60(58)79(59-30-29-53-65(75(16,17)38-37-71(53,8)9)64(59)48-23-25-49(26-24-48)69(3,4)5)62-40-46(2)39-61(66(62)77)78(67)50-27-28-52-55(42-50)72(10,11)34-33-70(52,6)7/h23-30,39-45H,19-22,31-38H2,1-18H3. The van der Waals surface area contributed by atoms with E-state index in [-0.39, 0.29) is 50.0 Å². The molecular weight excluding hydrogens is 968 g/mol. The van der Waals surface area contributed by atoms with Crippen molar-refractivity contribution in [2.24, 2.45) is 0 Å². The maximum atomic E-state index is 7.86. The Morgan fingerprint density at radius 1 is 0.500 bits per heavy atom. The molecule has 4 aliphatic carbocycles. The quantitative estimate of drug-likeness (QED) is 0.160. The molecule has 0 bridgehead atoms. The summed E-state index contributed by atoms with van der Waals surface area (Å²) in [6.07, 6.45) is 14.3. The average molecular weight is 1060 g/mol. The van der Waals surface area contributed by atoms with Crippen LogP contribution in [0.15, 0.2) is 95.4 Å². The molecule has 7 aromatic rings. The minimum absolute atomic E-state index is 0.00193. The van der Waals surface area contributed by atoms with Crippen LogP contribution in [-0.4, -0.2) is 6.71 Å².